The lowest BCUT2D eigenvalue weighted by Crippen LogP contribution is -2.55. The van der Waals surface area contributed by atoms with Crippen LogP contribution in [0.5, 0.6) is 0 Å². The molecule has 0 aliphatic carbocycles. The summed E-state index contributed by atoms with van der Waals surface area (Å²) in [6.45, 7) is 7.19. The molecule has 0 radical (unpaired) electrons. The summed E-state index contributed by atoms with van der Waals surface area (Å²) in [5.41, 5.74) is 0. The van der Waals surface area contributed by atoms with Gasteiger partial charge in [-0.15, -0.1) is 0 Å². The highest BCUT2D eigenvalue weighted by Crippen LogP contribution is 2.23. The summed E-state index contributed by atoms with van der Waals surface area (Å²) in [6.07, 6.45) is 2.56. The molecule has 2 rings (SSSR count). The molecule has 2 heterocycles. The van der Waals surface area contributed by atoms with Gasteiger partial charge in [-0.3, -0.25) is 4.90 Å². The Bertz CT molecular complexity index is 229. The fraction of sp³-hybridized carbons (Fsp3) is 1.00. The molecule has 0 saturated carbocycles. The van der Waals surface area contributed by atoms with Crippen molar-refractivity contribution in [2.24, 2.45) is 5.92 Å². The van der Waals surface area contributed by atoms with Crippen LogP contribution in [0.2, 0.25) is 0 Å². The zero-order chi connectivity index (χ0) is 12.3. The lowest BCUT2D eigenvalue weighted by Gasteiger charge is -2.43. The Kier molecular flexibility index (Phi) is 4.79. The van der Waals surface area contributed by atoms with Gasteiger partial charge < -0.3 is 14.9 Å². The van der Waals surface area contributed by atoms with Gasteiger partial charge in [0, 0.05) is 38.8 Å². The van der Waals surface area contributed by atoms with Gasteiger partial charge in [-0.1, -0.05) is 0 Å². The fourth-order valence-corrected chi connectivity index (χ4v) is 3.24. The smallest absolute Gasteiger partial charge is 0.0590 e. The first kappa shape index (κ1) is 13.3. The molecule has 2 fully saturated rings. The molecule has 0 spiro atoms. The molecule has 0 aromatic carbocycles. The van der Waals surface area contributed by atoms with Crippen LogP contribution in [0, 0.1) is 5.92 Å². The molecule has 2 aliphatic rings. The monoisotopic (exact) mass is 241 g/mol. The first-order chi connectivity index (χ1) is 8.20. The minimum Gasteiger partial charge on any atom is -0.395 e. The van der Waals surface area contributed by atoms with E-state index >= 15 is 0 Å². The highest BCUT2D eigenvalue weighted by Gasteiger charge is 2.31. The summed E-state index contributed by atoms with van der Waals surface area (Å²) in [7, 11) is 4.38. The van der Waals surface area contributed by atoms with Gasteiger partial charge in [-0.05, 0) is 39.4 Å². The molecule has 2 atom stereocenters. The summed E-state index contributed by atoms with van der Waals surface area (Å²) < 4.78 is 0. The van der Waals surface area contributed by atoms with Crippen molar-refractivity contribution in [2.45, 2.75) is 18.9 Å². The van der Waals surface area contributed by atoms with Crippen molar-refractivity contribution >= 4 is 0 Å². The van der Waals surface area contributed by atoms with Crippen LogP contribution in [0.25, 0.3) is 0 Å². The van der Waals surface area contributed by atoms with Crippen LogP contribution in [0.15, 0.2) is 0 Å². The second kappa shape index (κ2) is 6.14. The molecule has 0 amide bonds. The number of piperazine rings is 1. The maximum absolute atomic E-state index is 9.71. The van der Waals surface area contributed by atoms with Gasteiger partial charge in [0.05, 0.1) is 6.61 Å². The average molecular weight is 241 g/mol. The molecule has 1 N–H and O–H groups in total. The summed E-state index contributed by atoms with van der Waals surface area (Å²) in [4.78, 5) is 7.29. The molecule has 100 valence electrons. The van der Waals surface area contributed by atoms with Crippen molar-refractivity contribution in [3.05, 3.63) is 0 Å². The van der Waals surface area contributed by atoms with Crippen LogP contribution < -0.4 is 0 Å². The van der Waals surface area contributed by atoms with E-state index in [0.29, 0.717) is 18.6 Å². The van der Waals surface area contributed by atoms with Gasteiger partial charge in [0.1, 0.15) is 0 Å². The van der Waals surface area contributed by atoms with E-state index in [1.807, 2.05) is 0 Å². The van der Waals surface area contributed by atoms with Crippen molar-refractivity contribution in [3.8, 4) is 0 Å². The van der Waals surface area contributed by atoms with Crippen LogP contribution in [-0.4, -0.2) is 85.8 Å². The van der Waals surface area contributed by atoms with Gasteiger partial charge in [0.2, 0.25) is 0 Å². The summed E-state index contributed by atoms with van der Waals surface area (Å²) >= 11 is 0. The Hall–Kier alpha value is -0.160. The van der Waals surface area contributed by atoms with Gasteiger partial charge in [0.15, 0.2) is 0 Å². The van der Waals surface area contributed by atoms with Gasteiger partial charge in [-0.2, -0.15) is 0 Å². The molecule has 0 bridgehead atoms. The lowest BCUT2D eigenvalue weighted by atomic mass is 9.90. The molecule has 2 saturated heterocycles. The van der Waals surface area contributed by atoms with Gasteiger partial charge >= 0.3 is 0 Å². The Balaban J connectivity index is 1.90. The molecule has 4 heteroatoms. The van der Waals surface area contributed by atoms with E-state index in [9.17, 15) is 5.11 Å². The van der Waals surface area contributed by atoms with Crippen molar-refractivity contribution in [2.75, 3.05) is 60.0 Å². The zero-order valence-corrected chi connectivity index (χ0v) is 11.3. The normalized spacial score (nSPS) is 31.6. The number of likely N-dealkylation sites (N-methyl/N-ethyl adjacent to an activating group) is 1. The van der Waals surface area contributed by atoms with Crippen molar-refractivity contribution < 1.29 is 5.11 Å². The van der Waals surface area contributed by atoms with Gasteiger partial charge in [0.25, 0.3) is 0 Å². The van der Waals surface area contributed by atoms with Crippen molar-refractivity contribution in [1.82, 2.24) is 14.7 Å². The number of aliphatic hydroxyl groups excluding tert-OH is 1. The Morgan fingerprint density at radius 2 is 1.76 bits per heavy atom. The Labute approximate surface area is 105 Å². The number of nitrogens with zero attached hydrogens (tertiary/aromatic N) is 3. The molecule has 2 unspecified atom stereocenters. The van der Waals surface area contributed by atoms with Crippen LogP contribution in [0.4, 0.5) is 0 Å². The third kappa shape index (κ3) is 3.41. The van der Waals surface area contributed by atoms with Crippen LogP contribution in [-0.2, 0) is 0 Å². The average Bonchev–Trinajstić information content (AvgIpc) is 2.33. The minimum atomic E-state index is 0.322. The first-order valence-electron chi connectivity index (χ1n) is 6.92. The Morgan fingerprint density at radius 1 is 1.06 bits per heavy atom. The number of hydrogen-bond acceptors (Lipinski definition) is 4. The maximum Gasteiger partial charge on any atom is 0.0590 e. The Morgan fingerprint density at radius 3 is 2.35 bits per heavy atom. The molecule has 0 aromatic rings. The molecular weight excluding hydrogens is 214 g/mol. The van der Waals surface area contributed by atoms with E-state index in [1.165, 1.54) is 19.4 Å². The summed E-state index contributed by atoms with van der Waals surface area (Å²) in [5, 5.41) is 9.71. The molecular formula is C13H27N3O. The second-order valence-electron chi connectivity index (χ2n) is 5.75. The van der Waals surface area contributed by atoms with E-state index < -0.39 is 0 Å². The molecule has 4 nitrogen and oxygen atoms in total. The third-order valence-electron chi connectivity index (χ3n) is 4.40. The third-order valence-corrected chi connectivity index (χ3v) is 4.40. The lowest BCUT2D eigenvalue weighted by molar-refractivity contribution is 0.0218. The fourth-order valence-electron chi connectivity index (χ4n) is 3.24. The summed E-state index contributed by atoms with van der Waals surface area (Å²) in [5.74, 6) is 0.655. The molecule has 17 heavy (non-hydrogen) atoms. The SMILES string of the molecule is CN1CCN(C(CO)C2CCCN(C)C2)CC1. The number of piperidine rings is 1. The van der Waals surface area contributed by atoms with E-state index in [0.717, 1.165) is 32.7 Å². The first-order valence-corrected chi connectivity index (χ1v) is 6.92. The number of hydrogen-bond donors (Lipinski definition) is 1. The number of aliphatic hydroxyl groups is 1. The largest absolute Gasteiger partial charge is 0.395 e. The zero-order valence-electron chi connectivity index (χ0n) is 11.3. The highest BCUT2D eigenvalue weighted by molar-refractivity contribution is 4.86. The van der Waals surface area contributed by atoms with E-state index in [-0.39, 0.29) is 0 Å². The van der Waals surface area contributed by atoms with Crippen LogP contribution in [0.3, 0.4) is 0 Å². The number of likely N-dealkylation sites (tertiary alicyclic amines) is 1. The maximum atomic E-state index is 9.71. The number of rotatable bonds is 3. The topological polar surface area (TPSA) is 30.0 Å². The second-order valence-corrected chi connectivity index (χ2v) is 5.75. The van der Waals surface area contributed by atoms with Crippen LogP contribution in [0.1, 0.15) is 12.8 Å². The van der Waals surface area contributed by atoms with Crippen molar-refractivity contribution in [1.29, 1.82) is 0 Å². The van der Waals surface area contributed by atoms with E-state index in [4.69, 9.17) is 0 Å². The van der Waals surface area contributed by atoms with Crippen molar-refractivity contribution in [3.63, 3.8) is 0 Å². The minimum absolute atomic E-state index is 0.322. The summed E-state index contributed by atoms with van der Waals surface area (Å²) in [6, 6.07) is 0.381. The quantitative estimate of drug-likeness (QED) is 0.749. The van der Waals surface area contributed by atoms with Crippen LogP contribution >= 0.6 is 0 Å². The van der Waals surface area contributed by atoms with Gasteiger partial charge in [-0.25, -0.2) is 0 Å². The predicted molar refractivity (Wildman–Crippen MR) is 70.2 cm³/mol. The molecule has 2 aliphatic heterocycles. The molecule has 0 aromatic heterocycles. The standard InChI is InChI=1S/C13H27N3O/c1-14-6-8-16(9-7-14)13(11-17)12-4-3-5-15(2)10-12/h12-13,17H,3-11H2,1-2H3. The predicted octanol–water partition coefficient (Wildman–Crippen LogP) is -0.0635. The highest BCUT2D eigenvalue weighted by atomic mass is 16.3. The van der Waals surface area contributed by atoms with E-state index in [1.54, 1.807) is 0 Å². The van der Waals surface area contributed by atoms with E-state index in [2.05, 4.69) is 28.8 Å².